The monoisotopic (exact) mass is 631 g/mol. The zero-order chi connectivity index (χ0) is 31.5. The second-order valence-corrected chi connectivity index (χ2v) is 14.3. The normalized spacial score (nSPS) is 16.5. The van der Waals surface area contributed by atoms with Crippen LogP contribution < -0.4 is 4.90 Å². The summed E-state index contributed by atoms with van der Waals surface area (Å²) in [7, 11) is 6.26. The number of carboxylic acid groups (broad SMARTS) is 1. The number of ether oxygens (including phenoxy) is 1. The van der Waals surface area contributed by atoms with Gasteiger partial charge in [-0.15, -0.1) is 11.3 Å². The van der Waals surface area contributed by atoms with E-state index < -0.39 is 17.7 Å². The number of halogens is 1. The Hall–Kier alpha value is -3.50. The zero-order valence-electron chi connectivity index (χ0n) is 26.2. The minimum Gasteiger partial charge on any atom is -0.479 e. The summed E-state index contributed by atoms with van der Waals surface area (Å²) in [6, 6.07) is 16.4. The first-order valence-electron chi connectivity index (χ1n) is 14.8. The Bertz CT molecular complexity index is 1870. The van der Waals surface area contributed by atoms with Crippen LogP contribution in [-0.2, 0) is 16.6 Å². The highest BCUT2D eigenvalue weighted by atomic mass is 35.5. The number of aromatic nitrogens is 3. The lowest BCUT2D eigenvalue weighted by molar-refractivity contribution is -0.160. The van der Waals surface area contributed by atoms with Gasteiger partial charge < -0.3 is 19.6 Å². The summed E-state index contributed by atoms with van der Waals surface area (Å²) < 4.78 is 9.03. The lowest BCUT2D eigenvalue weighted by atomic mass is 9.91. The fourth-order valence-corrected chi connectivity index (χ4v) is 7.38. The number of rotatable bonds is 7. The van der Waals surface area contributed by atoms with Crippen LogP contribution >= 0.6 is 22.9 Å². The largest absolute Gasteiger partial charge is 0.479 e. The summed E-state index contributed by atoms with van der Waals surface area (Å²) in [4.78, 5) is 22.4. The summed E-state index contributed by atoms with van der Waals surface area (Å²) in [5, 5.41) is 17.9. The minimum absolute atomic E-state index is 0.500. The molecule has 230 valence electrons. The van der Waals surface area contributed by atoms with Gasteiger partial charge in [0.05, 0.1) is 21.3 Å². The van der Waals surface area contributed by atoms with Gasteiger partial charge in [-0.2, -0.15) is 5.10 Å². The second-order valence-electron chi connectivity index (χ2n) is 12.8. The average Bonchev–Trinajstić information content (AvgIpc) is 3.68. The van der Waals surface area contributed by atoms with Crippen molar-refractivity contribution in [1.82, 2.24) is 19.7 Å². The van der Waals surface area contributed by atoms with E-state index in [2.05, 4.69) is 42.1 Å². The van der Waals surface area contributed by atoms with Gasteiger partial charge in [-0.3, -0.25) is 4.68 Å². The van der Waals surface area contributed by atoms with Gasteiger partial charge in [0, 0.05) is 53.3 Å². The maximum absolute atomic E-state index is 12.7. The topological polar surface area (TPSA) is 83.7 Å². The highest BCUT2D eigenvalue weighted by Gasteiger charge is 2.33. The smallest absolute Gasteiger partial charge is 0.337 e. The summed E-state index contributed by atoms with van der Waals surface area (Å²) in [6.07, 6.45) is -0.0509. The molecule has 3 aromatic carbocycles. The van der Waals surface area contributed by atoms with Crippen molar-refractivity contribution in [1.29, 1.82) is 0 Å². The standard InChI is InChI=1S/C34H38ClN5O3S/c1-19-16-25-30(28(20-8-11-22(35)12-9-20)27(19)29(33(41)42)43-34(2,3)4)44-32(36-25)21-10-13-26-24(17-21)31(37-39(26)7)40-15-14-23(18-40)38(5)6/h8-13,16-17,23,29H,14-15,18H2,1-7H3,(H,41,42)/t23-,29?/m0/s1. The van der Waals surface area contributed by atoms with Crippen molar-refractivity contribution in [3.63, 3.8) is 0 Å². The van der Waals surface area contributed by atoms with Gasteiger partial charge in [0.15, 0.2) is 11.9 Å². The molecule has 1 N–H and O–H groups in total. The number of carboxylic acids is 1. The van der Waals surface area contributed by atoms with Crippen LogP contribution in [0.4, 0.5) is 5.82 Å². The van der Waals surface area contributed by atoms with E-state index in [4.69, 9.17) is 26.4 Å². The Morgan fingerprint density at radius 1 is 1.14 bits per heavy atom. The molecule has 0 bridgehead atoms. The number of aliphatic carboxylic acids is 1. The predicted molar refractivity (Wildman–Crippen MR) is 180 cm³/mol. The SMILES string of the molecule is Cc1cc2nc(-c3ccc4c(c3)c(N3CC[C@H](N(C)C)C3)nn4C)sc2c(-c2ccc(Cl)cc2)c1C(OC(C)(C)C)C(=O)O. The van der Waals surface area contributed by atoms with Crippen molar-refractivity contribution in [2.45, 2.75) is 51.9 Å². The van der Waals surface area contributed by atoms with Crippen LogP contribution in [0.2, 0.25) is 5.02 Å². The number of likely N-dealkylation sites (N-methyl/N-ethyl adjacent to an activating group) is 1. The number of benzene rings is 3. The number of hydrogen-bond acceptors (Lipinski definition) is 7. The van der Waals surface area contributed by atoms with Crippen LogP contribution in [0, 0.1) is 6.92 Å². The summed E-state index contributed by atoms with van der Waals surface area (Å²) in [5.41, 5.74) is 5.34. The van der Waals surface area contributed by atoms with E-state index in [-0.39, 0.29) is 0 Å². The lowest BCUT2D eigenvalue weighted by Crippen LogP contribution is -2.31. The molecule has 0 spiro atoms. The molecule has 2 atom stereocenters. The van der Waals surface area contributed by atoms with Crippen LogP contribution in [0.25, 0.3) is 42.8 Å². The molecule has 44 heavy (non-hydrogen) atoms. The van der Waals surface area contributed by atoms with Crippen molar-refractivity contribution in [3.05, 3.63) is 64.7 Å². The Morgan fingerprint density at radius 3 is 2.48 bits per heavy atom. The lowest BCUT2D eigenvalue weighted by Gasteiger charge is -2.28. The summed E-state index contributed by atoms with van der Waals surface area (Å²) in [6.45, 7) is 9.45. The van der Waals surface area contributed by atoms with Gasteiger partial charge in [0.25, 0.3) is 0 Å². The van der Waals surface area contributed by atoms with E-state index >= 15 is 0 Å². The van der Waals surface area contributed by atoms with Gasteiger partial charge in [0.2, 0.25) is 0 Å². The third-order valence-corrected chi connectivity index (χ3v) is 9.68. The molecule has 6 rings (SSSR count). The van der Waals surface area contributed by atoms with Crippen LogP contribution in [0.15, 0.2) is 48.5 Å². The van der Waals surface area contributed by atoms with Crippen molar-refractivity contribution in [3.8, 4) is 21.7 Å². The number of aryl methyl sites for hydroxylation is 2. The number of hydrogen-bond donors (Lipinski definition) is 1. The van der Waals surface area contributed by atoms with Crippen LogP contribution in [-0.4, -0.2) is 69.6 Å². The van der Waals surface area contributed by atoms with Gasteiger partial charge in [-0.25, -0.2) is 9.78 Å². The van der Waals surface area contributed by atoms with Crippen molar-refractivity contribution in [2.75, 3.05) is 32.1 Å². The van der Waals surface area contributed by atoms with Crippen molar-refractivity contribution >= 4 is 55.8 Å². The quantitative estimate of drug-likeness (QED) is 0.198. The Labute approximate surface area is 266 Å². The molecular weight excluding hydrogens is 594 g/mol. The Kier molecular flexibility index (Phi) is 7.94. The highest BCUT2D eigenvalue weighted by molar-refractivity contribution is 7.22. The summed E-state index contributed by atoms with van der Waals surface area (Å²) in [5.74, 6) is -0.0336. The molecule has 0 radical (unpaired) electrons. The molecule has 8 nitrogen and oxygen atoms in total. The number of anilines is 1. The van der Waals surface area contributed by atoms with Crippen LogP contribution in [0.5, 0.6) is 0 Å². The van der Waals surface area contributed by atoms with Gasteiger partial charge in [-0.05, 0) is 95.7 Å². The van der Waals surface area contributed by atoms with Crippen molar-refractivity contribution < 1.29 is 14.6 Å². The van der Waals surface area contributed by atoms with Crippen LogP contribution in [0.1, 0.15) is 44.4 Å². The van der Waals surface area contributed by atoms with E-state index in [9.17, 15) is 9.90 Å². The molecule has 0 amide bonds. The summed E-state index contributed by atoms with van der Waals surface area (Å²) >= 11 is 7.83. The average molecular weight is 632 g/mol. The van der Waals surface area contributed by atoms with Gasteiger partial charge in [-0.1, -0.05) is 23.7 Å². The van der Waals surface area contributed by atoms with Gasteiger partial charge in [0.1, 0.15) is 5.01 Å². The molecule has 1 unspecified atom stereocenters. The molecular formula is C34H38ClN5O3S. The minimum atomic E-state index is -1.16. The fourth-order valence-electron chi connectivity index (χ4n) is 6.13. The van der Waals surface area contributed by atoms with E-state index in [0.717, 1.165) is 73.7 Å². The van der Waals surface area contributed by atoms with E-state index in [1.807, 2.05) is 69.8 Å². The second kappa shape index (κ2) is 11.5. The molecule has 0 aliphatic carbocycles. The number of thiazole rings is 1. The van der Waals surface area contributed by atoms with Crippen LogP contribution in [0.3, 0.4) is 0 Å². The molecule has 10 heteroatoms. The first-order chi connectivity index (χ1) is 20.8. The molecule has 1 saturated heterocycles. The molecule has 3 heterocycles. The van der Waals surface area contributed by atoms with E-state index in [0.29, 0.717) is 16.6 Å². The Balaban J connectivity index is 1.52. The number of fused-ring (bicyclic) bond motifs is 2. The predicted octanol–water partition coefficient (Wildman–Crippen LogP) is 7.56. The third-order valence-electron chi connectivity index (χ3n) is 8.29. The molecule has 1 fully saturated rings. The number of carbonyl (C=O) groups is 1. The highest BCUT2D eigenvalue weighted by Crippen LogP contribution is 2.45. The molecule has 5 aromatic rings. The third kappa shape index (κ3) is 5.70. The van der Waals surface area contributed by atoms with E-state index in [1.165, 1.54) is 0 Å². The van der Waals surface area contributed by atoms with E-state index in [1.54, 1.807) is 11.3 Å². The molecule has 2 aromatic heterocycles. The molecule has 0 saturated carbocycles. The zero-order valence-corrected chi connectivity index (χ0v) is 27.8. The molecule has 1 aliphatic heterocycles. The first kappa shape index (κ1) is 30.5. The maximum atomic E-state index is 12.7. The van der Waals surface area contributed by atoms with Crippen molar-refractivity contribution in [2.24, 2.45) is 7.05 Å². The molecule has 1 aliphatic rings. The maximum Gasteiger partial charge on any atom is 0.337 e. The van der Waals surface area contributed by atoms with Gasteiger partial charge >= 0.3 is 5.97 Å². The first-order valence-corrected chi connectivity index (χ1v) is 16.0. The number of nitrogens with zero attached hydrogens (tertiary/aromatic N) is 5. The Morgan fingerprint density at radius 2 is 1.84 bits per heavy atom. The fraction of sp³-hybridized carbons (Fsp3) is 0.382.